The van der Waals surface area contributed by atoms with Gasteiger partial charge in [0, 0.05) is 37.0 Å². The summed E-state index contributed by atoms with van der Waals surface area (Å²) in [5.41, 5.74) is 3.20. The van der Waals surface area contributed by atoms with E-state index in [-0.39, 0.29) is 0 Å². The third kappa shape index (κ3) is 3.58. The highest BCUT2D eigenvalue weighted by Crippen LogP contribution is 2.15. The van der Waals surface area contributed by atoms with Gasteiger partial charge in [-0.2, -0.15) is 5.10 Å². The summed E-state index contributed by atoms with van der Waals surface area (Å²) >= 11 is 0. The Morgan fingerprint density at radius 1 is 1.21 bits per heavy atom. The first-order chi connectivity index (χ1) is 9.20. The number of benzene rings is 1. The molecule has 2 rings (SSSR count). The number of aromatic nitrogens is 2. The van der Waals surface area contributed by atoms with E-state index in [0.29, 0.717) is 12.3 Å². The summed E-state index contributed by atoms with van der Waals surface area (Å²) in [5, 5.41) is 17.5. The van der Waals surface area contributed by atoms with Crippen LogP contribution in [0.5, 0.6) is 5.75 Å². The molecule has 0 saturated carbocycles. The summed E-state index contributed by atoms with van der Waals surface area (Å²) in [4.78, 5) is 0. The molecule has 0 aliphatic carbocycles. The molecule has 0 atom stereocenters. The Kier molecular flexibility index (Phi) is 4.58. The average Bonchev–Trinajstić information content (AvgIpc) is 2.73. The van der Waals surface area contributed by atoms with Crippen LogP contribution in [0, 0.1) is 6.92 Å². The minimum Gasteiger partial charge on any atom is -0.508 e. The number of para-hydroxylation sites is 1. The molecule has 0 aliphatic rings. The van der Waals surface area contributed by atoms with E-state index in [2.05, 4.69) is 23.5 Å². The second kappa shape index (κ2) is 6.38. The van der Waals surface area contributed by atoms with Crippen molar-refractivity contribution in [3.63, 3.8) is 0 Å². The number of phenols is 1. The quantitative estimate of drug-likeness (QED) is 0.838. The number of hydrogen-bond acceptors (Lipinski definition) is 3. The smallest absolute Gasteiger partial charge is 0.120 e. The van der Waals surface area contributed by atoms with Crippen molar-refractivity contribution < 1.29 is 5.11 Å². The van der Waals surface area contributed by atoms with E-state index >= 15 is 0 Å². The summed E-state index contributed by atoms with van der Waals surface area (Å²) in [6.45, 7) is 6.56. The van der Waals surface area contributed by atoms with Crippen molar-refractivity contribution in [3.05, 3.63) is 47.3 Å². The Balaban J connectivity index is 1.90. The van der Waals surface area contributed by atoms with Gasteiger partial charge >= 0.3 is 0 Å². The van der Waals surface area contributed by atoms with Crippen LogP contribution in [0.25, 0.3) is 0 Å². The van der Waals surface area contributed by atoms with Gasteiger partial charge in [0.25, 0.3) is 0 Å². The minimum atomic E-state index is 0.341. The Morgan fingerprint density at radius 2 is 1.95 bits per heavy atom. The first kappa shape index (κ1) is 13.6. The fourth-order valence-corrected chi connectivity index (χ4v) is 2.07. The van der Waals surface area contributed by atoms with E-state index in [1.807, 2.05) is 29.8 Å². The van der Waals surface area contributed by atoms with E-state index in [0.717, 1.165) is 30.8 Å². The van der Waals surface area contributed by atoms with Crippen LogP contribution in [-0.4, -0.2) is 14.9 Å². The van der Waals surface area contributed by atoms with Crippen molar-refractivity contribution in [1.82, 2.24) is 15.1 Å². The van der Waals surface area contributed by atoms with Crippen LogP contribution in [-0.2, 0) is 19.6 Å². The van der Waals surface area contributed by atoms with E-state index in [9.17, 15) is 5.11 Å². The lowest BCUT2D eigenvalue weighted by molar-refractivity contribution is 0.464. The first-order valence-electron chi connectivity index (χ1n) is 6.71. The minimum absolute atomic E-state index is 0.341. The largest absolute Gasteiger partial charge is 0.508 e. The standard InChI is InChI=1S/C15H21N3O/c1-3-8-18-11-14(12(2)17-18)10-16-9-13-6-4-5-7-15(13)19/h4-7,11,16,19H,3,8-10H2,1-2H3. The molecule has 0 radical (unpaired) electrons. The lowest BCUT2D eigenvalue weighted by atomic mass is 10.2. The molecule has 2 N–H and O–H groups in total. The van der Waals surface area contributed by atoms with Crippen LogP contribution in [0.1, 0.15) is 30.2 Å². The van der Waals surface area contributed by atoms with Gasteiger partial charge in [-0.3, -0.25) is 4.68 Å². The third-order valence-electron chi connectivity index (χ3n) is 3.12. The van der Waals surface area contributed by atoms with Crippen molar-refractivity contribution in [2.45, 2.75) is 39.9 Å². The van der Waals surface area contributed by atoms with Crippen LogP contribution < -0.4 is 5.32 Å². The molecule has 4 nitrogen and oxygen atoms in total. The SMILES string of the molecule is CCCn1cc(CNCc2ccccc2O)c(C)n1. The fourth-order valence-electron chi connectivity index (χ4n) is 2.07. The van der Waals surface area contributed by atoms with Gasteiger partial charge in [0.1, 0.15) is 5.75 Å². The van der Waals surface area contributed by atoms with E-state index in [1.54, 1.807) is 6.07 Å². The highest BCUT2D eigenvalue weighted by Gasteiger charge is 2.05. The average molecular weight is 259 g/mol. The van der Waals surface area contributed by atoms with Crippen LogP contribution >= 0.6 is 0 Å². The van der Waals surface area contributed by atoms with Gasteiger partial charge in [-0.05, 0) is 19.4 Å². The van der Waals surface area contributed by atoms with Gasteiger partial charge in [0.2, 0.25) is 0 Å². The molecule has 102 valence electrons. The lowest BCUT2D eigenvalue weighted by Crippen LogP contribution is -2.13. The Hall–Kier alpha value is -1.81. The zero-order chi connectivity index (χ0) is 13.7. The van der Waals surface area contributed by atoms with Gasteiger partial charge in [-0.15, -0.1) is 0 Å². The fraction of sp³-hybridized carbons (Fsp3) is 0.400. The molecule has 0 unspecified atom stereocenters. The van der Waals surface area contributed by atoms with Crippen molar-refractivity contribution in [1.29, 1.82) is 0 Å². The highest BCUT2D eigenvalue weighted by molar-refractivity contribution is 5.31. The van der Waals surface area contributed by atoms with Gasteiger partial charge in [0.05, 0.1) is 5.69 Å². The lowest BCUT2D eigenvalue weighted by Gasteiger charge is -2.05. The topological polar surface area (TPSA) is 50.1 Å². The maximum absolute atomic E-state index is 9.68. The second-order valence-electron chi connectivity index (χ2n) is 4.74. The number of aryl methyl sites for hydroxylation is 2. The summed E-state index contributed by atoms with van der Waals surface area (Å²) < 4.78 is 1.99. The molecule has 0 fully saturated rings. The normalized spacial score (nSPS) is 10.8. The summed E-state index contributed by atoms with van der Waals surface area (Å²) in [5.74, 6) is 0.341. The number of hydrogen-bond donors (Lipinski definition) is 2. The molecule has 0 amide bonds. The molecule has 0 bridgehead atoms. The molecule has 1 heterocycles. The number of rotatable bonds is 6. The molecular weight excluding hydrogens is 238 g/mol. The number of phenolic OH excluding ortho intramolecular Hbond substituents is 1. The van der Waals surface area contributed by atoms with E-state index in [4.69, 9.17) is 0 Å². The predicted octanol–water partition coefficient (Wildman–Crippen LogP) is 2.60. The van der Waals surface area contributed by atoms with Crippen LogP contribution in [0.4, 0.5) is 0 Å². The highest BCUT2D eigenvalue weighted by atomic mass is 16.3. The summed E-state index contributed by atoms with van der Waals surface area (Å²) in [6.07, 6.45) is 3.18. The van der Waals surface area contributed by atoms with Crippen molar-refractivity contribution in [2.75, 3.05) is 0 Å². The van der Waals surface area contributed by atoms with Crippen molar-refractivity contribution in [3.8, 4) is 5.75 Å². The molecule has 0 saturated heterocycles. The zero-order valence-corrected chi connectivity index (χ0v) is 11.6. The van der Waals surface area contributed by atoms with Crippen LogP contribution in [0.15, 0.2) is 30.5 Å². The van der Waals surface area contributed by atoms with Gasteiger partial charge in [-0.25, -0.2) is 0 Å². The molecule has 0 aliphatic heterocycles. The molecule has 19 heavy (non-hydrogen) atoms. The molecule has 1 aromatic carbocycles. The third-order valence-corrected chi connectivity index (χ3v) is 3.12. The number of aromatic hydroxyl groups is 1. The Bertz CT molecular complexity index is 534. The van der Waals surface area contributed by atoms with Crippen LogP contribution in [0.3, 0.4) is 0 Å². The van der Waals surface area contributed by atoms with E-state index in [1.165, 1.54) is 5.56 Å². The Labute approximate surface area is 114 Å². The number of nitrogens with zero attached hydrogens (tertiary/aromatic N) is 2. The Morgan fingerprint density at radius 3 is 2.68 bits per heavy atom. The molecular formula is C15H21N3O. The summed E-state index contributed by atoms with van der Waals surface area (Å²) in [6, 6.07) is 7.40. The predicted molar refractivity (Wildman–Crippen MR) is 75.9 cm³/mol. The monoisotopic (exact) mass is 259 g/mol. The van der Waals surface area contributed by atoms with Crippen molar-refractivity contribution in [2.24, 2.45) is 0 Å². The van der Waals surface area contributed by atoms with Gasteiger partial charge < -0.3 is 10.4 Å². The molecule has 0 spiro atoms. The first-order valence-corrected chi connectivity index (χ1v) is 6.71. The maximum Gasteiger partial charge on any atom is 0.120 e. The maximum atomic E-state index is 9.68. The van der Waals surface area contributed by atoms with Gasteiger partial charge in [-0.1, -0.05) is 25.1 Å². The number of nitrogens with one attached hydrogen (secondary N) is 1. The van der Waals surface area contributed by atoms with E-state index < -0.39 is 0 Å². The molecule has 1 aromatic heterocycles. The van der Waals surface area contributed by atoms with Crippen molar-refractivity contribution >= 4 is 0 Å². The molecule has 2 aromatic rings. The summed E-state index contributed by atoms with van der Waals surface area (Å²) in [7, 11) is 0. The van der Waals surface area contributed by atoms with Gasteiger partial charge in [0.15, 0.2) is 0 Å². The van der Waals surface area contributed by atoms with Crippen LogP contribution in [0.2, 0.25) is 0 Å². The zero-order valence-electron chi connectivity index (χ0n) is 11.6. The second-order valence-corrected chi connectivity index (χ2v) is 4.74. The molecule has 4 heteroatoms.